The fourth-order valence-corrected chi connectivity index (χ4v) is 5.18. The molecule has 164 valence electrons. The molecule has 5 rings (SSSR count). The quantitative estimate of drug-likeness (QED) is 0.773. The van der Waals surface area contributed by atoms with E-state index in [1.807, 2.05) is 18.2 Å². The Morgan fingerprint density at radius 1 is 1.06 bits per heavy atom. The van der Waals surface area contributed by atoms with Crippen LogP contribution in [-0.4, -0.2) is 42.6 Å². The molecule has 0 unspecified atom stereocenters. The number of hydrogen-bond donors (Lipinski definition) is 1. The van der Waals surface area contributed by atoms with Gasteiger partial charge in [0.2, 0.25) is 0 Å². The average molecular weight is 427 g/mol. The Morgan fingerprint density at radius 2 is 1.77 bits per heavy atom. The monoisotopic (exact) mass is 426 g/mol. The number of halogens is 2. The van der Waals surface area contributed by atoms with Crippen LogP contribution >= 0.6 is 0 Å². The van der Waals surface area contributed by atoms with E-state index >= 15 is 0 Å². The fraction of sp³-hybridized carbons (Fsp3) is 0.480. The fourth-order valence-electron chi connectivity index (χ4n) is 5.18. The minimum atomic E-state index is -0.861. The molecular formula is C25H28F2N2O2. The van der Waals surface area contributed by atoms with E-state index in [9.17, 15) is 13.6 Å². The van der Waals surface area contributed by atoms with Gasteiger partial charge in [-0.1, -0.05) is 12.5 Å². The molecule has 31 heavy (non-hydrogen) atoms. The van der Waals surface area contributed by atoms with E-state index in [2.05, 4.69) is 10.2 Å². The van der Waals surface area contributed by atoms with E-state index in [1.54, 1.807) is 0 Å². The van der Waals surface area contributed by atoms with Crippen LogP contribution in [0.1, 0.15) is 54.4 Å². The van der Waals surface area contributed by atoms with Crippen molar-refractivity contribution in [3.8, 4) is 16.9 Å². The highest BCUT2D eigenvalue weighted by Crippen LogP contribution is 2.42. The smallest absolute Gasteiger partial charge is 0.256 e. The Morgan fingerprint density at radius 3 is 2.39 bits per heavy atom. The van der Waals surface area contributed by atoms with Crippen LogP contribution in [0.15, 0.2) is 30.3 Å². The molecule has 2 aromatic rings. The molecule has 1 saturated carbocycles. The van der Waals surface area contributed by atoms with Gasteiger partial charge < -0.3 is 15.0 Å². The minimum absolute atomic E-state index is 0.0812. The van der Waals surface area contributed by atoms with E-state index in [0.717, 1.165) is 61.7 Å². The van der Waals surface area contributed by atoms with E-state index in [4.69, 9.17) is 4.74 Å². The molecule has 2 heterocycles. The molecule has 1 saturated heterocycles. The predicted molar refractivity (Wildman–Crippen MR) is 115 cm³/mol. The first kappa shape index (κ1) is 20.4. The zero-order chi connectivity index (χ0) is 21.6. The van der Waals surface area contributed by atoms with Crippen molar-refractivity contribution < 1.29 is 18.3 Å². The second-order valence-electron chi connectivity index (χ2n) is 9.12. The van der Waals surface area contributed by atoms with Crippen LogP contribution < -0.4 is 10.1 Å². The summed E-state index contributed by atoms with van der Waals surface area (Å²) < 4.78 is 35.3. The Balaban J connectivity index is 1.34. The molecule has 3 aliphatic rings. The summed E-state index contributed by atoms with van der Waals surface area (Å²) in [5.74, 6) is -1.61. The van der Waals surface area contributed by atoms with Gasteiger partial charge in [-0.25, -0.2) is 8.78 Å². The number of fused-ring (bicyclic) bond motifs is 1. The van der Waals surface area contributed by atoms with Crippen molar-refractivity contribution in [1.82, 2.24) is 10.2 Å². The summed E-state index contributed by atoms with van der Waals surface area (Å²) in [4.78, 5) is 14.3. The Hall–Kier alpha value is -2.47. The lowest BCUT2D eigenvalue weighted by Crippen LogP contribution is -2.53. The Bertz CT molecular complexity index is 988. The van der Waals surface area contributed by atoms with Gasteiger partial charge in [-0.15, -0.1) is 0 Å². The van der Waals surface area contributed by atoms with Crippen molar-refractivity contribution in [2.45, 2.75) is 56.6 Å². The second-order valence-corrected chi connectivity index (χ2v) is 9.12. The first-order valence-electron chi connectivity index (χ1n) is 11.3. The van der Waals surface area contributed by atoms with E-state index in [-0.39, 0.29) is 5.60 Å². The third kappa shape index (κ3) is 3.71. The maximum absolute atomic E-state index is 14.4. The van der Waals surface area contributed by atoms with Crippen molar-refractivity contribution in [3.05, 3.63) is 53.1 Å². The van der Waals surface area contributed by atoms with E-state index in [1.165, 1.54) is 38.4 Å². The number of piperidine rings is 1. The van der Waals surface area contributed by atoms with Gasteiger partial charge in [0.05, 0.1) is 0 Å². The van der Waals surface area contributed by atoms with Crippen LogP contribution in [0.3, 0.4) is 0 Å². The van der Waals surface area contributed by atoms with Crippen LogP contribution in [0.4, 0.5) is 8.78 Å². The van der Waals surface area contributed by atoms with Gasteiger partial charge >= 0.3 is 0 Å². The van der Waals surface area contributed by atoms with E-state index in [0.29, 0.717) is 5.56 Å². The second kappa shape index (κ2) is 7.90. The number of hydrogen-bond acceptors (Lipinski definition) is 3. The Kier molecular flexibility index (Phi) is 5.21. The van der Waals surface area contributed by atoms with Gasteiger partial charge in [-0.3, -0.25) is 4.79 Å². The highest BCUT2D eigenvalue weighted by Gasteiger charge is 2.41. The van der Waals surface area contributed by atoms with Gasteiger partial charge in [0, 0.05) is 26.2 Å². The summed E-state index contributed by atoms with van der Waals surface area (Å²) >= 11 is 0. The first-order chi connectivity index (χ1) is 15.0. The van der Waals surface area contributed by atoms with Crippen LogP contribution in [0.25, 0.3) is 11.1 Å². The molecule has 0 atom stereocenters. The predicted octanol–water partition coefficient (Wildman–Crippen LogP) is 4.70. The van der Waals surface area contributed by atoms with Gasteiger partial charge in [-0.05, 0) is 79.5 Å². The average Bonchev–Trinajstić information content (AvgIpc) is 2.73. The molecule has 1 aliphatic carbocycles. The van der Waals surface area contributed by atoms with Gasteiger partial charge in [0.15, 0.2) is 0 Å². The third-order valence-electron chi connectivity index (χ3n) is 7.37. The van der Waals surface area contributed by atoms with Crippen molar-refractivity contribution >= 4 is 5.91 Å². The molecule has 0 radical (unpaired) electrons. The first-order valence-corrected chi connectivity index (χ1v) is 11.3. The minimum Gasteiger partial charge on any atom is -0.487 e. The van der Waals surface area contributed by atoms with Crippen molar-refractivity contribution in [1.29, 1.82) is 0 Å². The third-order valence-corrected chi connectivity index (χ3v) is 7.37. The molecule has 6 heteroatoms. The topological polar surface area (TPSA) is 41.6 Å². The maximum Gasteiger partial charge on any atom is 0.256 e. The highest BCUT2D eigenvalue weighted by atomic mass is 19.1. The molecule has 1 spiro atoms. The molecule has 4 nitrogen and oxygen atoms in total. The summed E-state index contributed by atoms with van der Waals surface area (Å²) in [6, 6.07) is 8.94. The standard InChI is InChI=1S/C25H28F2N2O2/c1-28-24(30)23-20(26)14-18(15-21(23)27)16-5-6-22-17(13-16)7-8-25(31-22)9-11-29(12-10-25)19-3-2-4-19/h5-6,13-15,19H,2-4,7-12H2,1H3,(H,28,30). The van der Waals surface area contributed by atoms with E-state index < -0.39 is 23.1 Å². The van der Waals surface area contributed by atoms with Crippen molar-refractivity contribution in [2.75, 3.05) is 20.1 Å². The van der Waals surface area contributed by atoms with Crippen LogP contribution in [0.2, 0.25) is 0 Å². The largest absolute Gasteiger partial charge is 0.487 e. The van der Waals surface area contributed by atoms with Crippen LogP contribution in [-0.2, 0) is 6.42 Å². The molecule has 0 aromatic heterocycles. The Labute approximate surface area is 181 Å². The number of benzene rings is 2. The van der Waals surface area contributed by atoms with Gasteiger partial charge in [0.25, 0.3) is 5.91 Å². The molecule has 1 N–H and O–H groups in total. The normalized spacial score (nSPS) is 20.6. The lowest BCUT2D eigenvalue weighted by atomic mass is 9.81. The number of ether oxygens (including phenoxy) is 1. The van der Waals surface area contributed by atoms with Crippen molar-refractivity contribution in [2.24, 2.45) is 0 Å². The lowest BCUT2D eigenvalue weighted by molar-refractivity contribution is -0.0336. The zero-order valence-corrected chi connectivity index (χ0v) is 17.8. The number of amides is 1. The number of aryl methyl sites for hydroxylation is 1. The van der Waals surface area contributed by atoms with Crippen LogP contribution in [0.5, 0.6) is 5.75 Å². The molecule has 1 amide bonds. The summed E-state index contributed by atoms with van der Waals surface area (Å²) in [5, 5.41) is 2.27. The number of likely N-dealkylation sites (tertiary alicyclic amines) is 1. The van der Waals surface area contributed by atoms with Gasteiger partial charge in [0.1, 0.15) is 28.5 Å². The highest BCUT2D eigenvalue weighted by molar-refractivity contribution is 5.95. The molecule has 2 fully saturated rings. The summed E-state index contributed by atoms with van der Waals surface area (Å²) in [6.07, 6.45) is 8.02. The summed E-state index contributed by atoms with van der Waals surface area (Å²) in [5.41, 5.74) is 1.57. The molecule has 2 aromatic carbocycles. The van der Waals surface area contributed by atoms with Crippen LogP contribution in [0, 0.1) is 11.6 Å². The van der Waals surface area contributed by atoms with Gasteiger partial charge in [-0.2, -0.15) is 0 Å². The number of rotatable bonds is 3. The molecular weight excluding hydrogens is 398 g/mol. The number of carbonyl (C=O) groups is 1. The van der Waals surface area contributed by atoms with Crippen molar-refractivity contribution in [3.63, 3.8) is 0 Å². The summed E-state index contributed by atoms with van der Waals surface area (Å²) in [7, 11) is 1.35. The molecule has 2 aliphatic heterocycles. The number of nitrogens with one attached hydrogen (secondary N) is 1. The zero-order valence-electron chi connectivity index (χ0n) is 17.8. The summed E-state index contributed by atoms with van der Waals surface area (Å²) in [6.45, 7) is 2.21. The number of nitrogens with zero attached hydrogens (tertiary/aromatic N) is 1. The maximum atomic E-state index is 14.4. The SMILES string of the molecule is CNC(=O)c1c(F)cc(-c2ccc3c(c2)CCC2(CCN(C4CCC4)CC2)O3)cc1F. The molecule has 0 bridgehead atoms. The lowest BCUT2D eigenvalue weighted by Gasteiger charge is -2.48. The number of carbonyl (C=O) groups excluding carboxylic acids is 1.